The van der Waals surface area contributed by atoms with Crippen molar-refractivity contribution >= 4 is 22.6 Å². The van der Waals surface area contributed by atoms with E-state index < -0.39 is 0 Å². The fourth-order valence-electron chi connectivity index (χ4n) is 2.02. The van der Waals surface area contributed by atoms with Crippen LogP contribution in [0.1, 0.15) is 12.8 Å². The van der Waals surface area contributed by atoms with E-state index in [1.165, 1.54) is 0 Å². The minimum Gasteiger partial charge on any atom is -0.376 e. The van der Waals surface area contributed by atoms with E-state index in [-0.39, 0.29) is 5.60 Å². The van der Waals surface area contributed by atoms with Crippen LogP contribution in [-0.2, 0) is 9.47 Å². The maximum atomic E-state index is 6.09. The van der Waals surface area contributed by atoms with E-state index in [0.29, 0.717) is 6.10 Å². The van der Waals surface area contributed by atoms with Crippen LogP contribution >= 0.6 is 22.6 Å². The van der Waals surface area contributed by atoms with Crippen LogP contribution in [0.25, 0.3) is 0 Å². The van der Waals surface area contributed by atoms with Gasteiger partial charge in [0.2, 0.25) is 0 Å². The molecule has 76 valence electrons. The molecule has 2 saturated heterocycles. The van der Waals surface area contributed by atoms with Gasteiger partial charge in [0.25, 0.3) is 0 Å². The summed E-state index contributed by atoms with van der Waals surface area (Å²) in [6, 6.07) is 0. The molecule has 0 aliphatic carbocycles. The van der Waals surface area contributed by atoms with E-state index in [4.69, 9.17) is 9.47 Å². The molecule has 4 heteroatoms. The molecular formula is C9H16INO2. The summed E-state index contributed by atoms with van der Waals surface area (Å²) < 4.78 is 12.7. The van der Waals surface area contributed by atoms with Gasteiger partial charge in [-0.2, -0.15) is 0 Å². The first-order valence-corrected chi connectivity index (χ1v) is 6.39. The molecule has 1 unspecified atom stereocenters. The lowest BCUT2D eigenvalue weighted by Gasteiger charge is -2.43. The Morgan fingerprint density at radius 2 is 2.15 bits per heavy atom. The highest BCUT2D eigenvalue weighted by atomic mass is 127. The molecule has 0 aromatic heterocycles. The molecule has 2 rings (SSSR count). The minimum atomic E-state index is 0.0410. The van der Waals surface area contributed by atoms with Crippen LogP contribution < -0.4 is 5.32 Å². The maximum absolute atomic E-state index is 6.09. The molecule has 2 fully saturated rings. The minimum absolute atomic E-state index is 0.0410. The van der Waals surface area contributed by atoms with E-state index in [1.807, 2.05) is 0 Å². The van der Waals surface area contributed by atoms with E-state index in [2.05, 4.69) is 27.9 Å². The molecule has 13 heavy (non-hydrogen) atoms. The smallest absolute Gasteiger partial charge is 0.0944 e. The highest BCUT2D eigenvalue weighted by Crippen LogP contribution is 2.29. The topological polar surface area (TPSA) is 30.5 Å². The zero-order valence-corrected chi connectivity index (χ0v) is 9.88. The number of piperidine rings is 1. The number of nitrogens with one attached hydrogen (secondary N) is 1. The Labute approximate surface area is 92.7 Å². The van der Waals surface area contributed by atoms with E-state index in [0.717, 1.165) is 43.6 Å². The fourth-order valence-corrected chi connectivity index (χ4v) is 2.45. The van der Waals surface area contributed by atoms with Crippen LogP contribution in [0.4, 0.5) is 0 Å². The van der Waals surface area contributed by atoms with Crippen molar-refractivity contribution in [3.63, 3.8) is 0 Å². The van der Waals surface area contributed by atoms with Gasteiger partial charge in [-0.3, -0.25) is 0 Å². The molecule has 1 N–H and O–H groups in total. The van der Waals surface area contributed by atoms with Crippen molar-refractivity contribution < 1.29 is 9.47 Å². The Kier molecular flexibility index (Phi) is 3.45. The Morgan fingerprint density at radius 3 is 2.85 bits per heavy atom. The second-order valence-electron chi connectivity index (χ2n) is 3.84. The second-order valence-corrected chi connectivity index (χ2v) is 4.72. The second kappa shape index (κ2) is 4.42. The van der Waals surface area contributed by atoms with Crippen LogP contribution in [-0.4, -0.2) is 42.4 Å². The molecule has 3 nitrogen and oxygen atoms in total. The Bertz CT molecular complexity index is 165. The van der Waals surface area contributed by atoms with Crippen LogP contribution in [0, 0.1) is 0 Å². The van der Waals surface area contributed by atoms with Crippen molar-refractivity contribution in [2.24, 2.45) is 0 Å². The van der Waals surface area contributed by atoms with Crippen LogP contribution in [0.3, 0.4) is 0 Å². The summed E-state index contributed by atoms with van der Waals surface area (Å²) in [5.74, 6) is 0. The summed E-state index contributed by atoms with van der Waals surface area (Å²) in [6.45, 7) is 3.70. The number of rotatable bonds is 1. The summed E-state index contributed by atoms with van der Waals surface area (Å²) >= 11 is 2.37. The van der Waals surface area contributed by atoms with E-state index >= 15 is 0 Å². The SMILES string of the molecule is ICC1COCC2(CCNCC2)O1. The summed E-state index contributed by atoms with van der Waals surface area (Å²) in [5, 5.41) is 3.35. The number of hydrogen-bond acceptors (Lipinski definition) is 3. The zero-order chi connectivity index (χ0) is 9.15. The standard InChI is InChI=1S/C9H16INO2/c10-5-8-6-12-7-9(13-8)1-3-11-4-2-9/h8,11H,1-7H2. The molecule has 1 spiro atoms. The lowest BCUT2D eigenvalue weighted by molar-refractivity contribution is -0.199. The normalized spacial score (nSPS) is 33.5. The third kappa shape index (κ3) is 2.34. The first-order valence-electron chi connectivity index (χ1n) is 4.87. The molecule has 0 bridgehead atoms. The monoisotopic (exact) mass is 297 g/mol. The number of alkyl halides is 1. The Hall–Kier alpha value is 0.610. The van der Waals surface area contributed by atoms with Crippen molar-refractivity contribution in [2.45, 2.75) is 24.5 Å². The van der Waals surface area contributed by atoms with Gasteiger partial charge in [-0.1, -0.05) is 22.6 Å². The van der Waals surface area contributed by atoms with E-state index in [9.17, 15) is 0 Å². The van der Waals surface area contributed by atoms with Gasteiger partial charge in [-0.05, 0) is 25.9 Å². The summed E-state index contributed by atoms with van der Waals surface area (Å²) in [5.41, 5.74) is 0.0410. The van der Waals surface area contributed by atoms with Gasteiger partial charge in [0, 0.05) is 4.43 Å². The van der Waals surface area contributed by atoms with Crippen molar-refractivity contribution in [3.8, 4) is 0 Å². The van der Waals surface area contributed by atoms with Gasteiger partial charge in [0.1, 0.15) is 0 Å². The lowest BCUT2D eigenvalue weighted by atomic mass is 9.92. The van der Waals surface area contributed by atoms with Crippen LogP contribution in [0.2, 0.25) is 0 Å². The number of halogens is 1. The zero-order valence-electron chi connectivity index (χ0n) is 7.72. The highest BCUT2D eigenvalue weighted by molar-refractivity contribution is 14.1. The van der Waals surface area contributed by atoms with Gasteiger partial charge < -0.3 is 14.8 Å². The van der Waals surface area contributed by atoms with Crippen molar-refractivity contribution in [3.05, 3.63) is 0 Å². The highest BCUT2D eigenvalue weighted by Gasteiger charge is 2.38. The predicted octanol–water partition coefficient (Wildman–Crippen LogP) is 0.959. The predicted molar refractivity (Wildman–Crippen MR) is 59.4 cm³/mol. The molecular weight excluding hydrogens is 281 g/mol. The summed E-state index contributed by atoms with van der Waals surface area (Å²) in [6.07, 6.45) is 2.51. The largest absolute Gasteiger partial charge is 0.376 e. The molecule has 0 aromatic rings. The van der Waals surface area contributed by atoms with Gasteiger partial charge in [-0.15, -0.1) is 0 Å². The van der Waals surface area contributed by atoms with Crippen LogP contribution in [0.15, 0.2) is 0 Å². The third-order valence-electron chi connectivity index (χ3n) is 2.77. The maximum Gasteiger partial charge on any atom is 0.0944 e. The van der Waals surface area contributed by atoms with Crippen molar-refractivity contribution in [1.82, 2.24) is 5.32 Å². The van der Waals surface area contributed by atoms with Gasteiger partial charge in [0.05, 0.1) is 24.9 Å². The molecule has 0 aromatic carbocycles. The molecule has 1 atom stereocenters. The molecule has 2 aliphatic rings. The molecule has 0 radical (unpaired) electrons. The lowest BCUT2D eigenvalue weighted by Crippen LogP contribution is -2.53. The average molecular weight is 297 g/mol. The van der Waals surface area contributed by atoms with Crippen molar-refractivity contribution in [1.29, 1.82) is 0 Å². The first kappa shape index (κ1) is 10.1. The number of hydrogen-bond donors (Lipinski definition) is 1. The Balaban J connectivity index is 1.95. The third-order valence-corrected chi connectivity index (χ3v) is 3.75. The quantitative estimate of drug-likeness (QED) is 0.578. The fraction of sp³-hybridized carbons (Fsp3) is 1.00. The van der Waals surface area contributed by atoms with Gasteiger partial charge in [-0.25, -0.2) is 0 Å². The molecule has 0 saturated carbocycles. The Morgan fingerprint density at radius 1 is 1.38 bits per heavy atom. The van der Waals surface area contributed by atoms with Gasteiger partial charge >= 0.3 is 0 Å². The molecule has 2 aliphatic heterocycles. The summed E-state index contributed by atoms with van der Waals surface area (Å²) in [7, 11) is 0. The average Bonchev–Trinajstić information content (AvgIpc) is 2.19. The van der Waals surface area contributed by atoms with Crippen molar-refractivity contribution in [2.75, 3.05) is 30.7 Å². The first-order chi connectivity index (χ1) is 6.35. The molecule has 2 heterocycles. The summed E-state index contributed by atoms with van der Waals surface area (Å²) in [4.78, 5) is 0. The molecule has 0 amide bonds. The van der Waals surface area contributed by atoms with Gasteiger partial charge in [0.15, 0.2) is 0 Å². The van der Waals surface area contributed by atoms with E-state index in [1.54, 1.807) is 0 Å². The number of ether oxygens (including phenoxy) is 2. The van der Waals surface area contributed by atoms with Crippen LogP contribution in [0.5, 0.6) is 0 Å².